The van der Waals surface area contributed by atoms with Crippen LogP contribution in [0.4, 0.5) is 0 Å². The molecule has 4 heterocycles. The summed E-state index contributed by atoms with van der Waals surface area (Å²) in [5, 5.41) is 4.25. The van der Waals surface area contributed by atoms with Gasteiger partial charge in [0.05, 0.1) is 24.6 Å². The molecule has 2 aliphatic heterocycles. The highest BCUT2D eigenvalue weighted by atomic mass is 16.6. The minimum absolute atomic E-state index is 0.00167. The summed E-state index contributed by atoms with van der Waals surface area (Å²) in [6, 6.07) is 3.85. The second kappa shape index (κ2) is 6.53. The average molecular weight is 328 g/mol. The van der Waals surface area contributed by atoms with Gasteiger partial charge in [0.15, 0.2) is 0 Å². The Hall–Kier alpha value is -1.92. The van der Waals surface area contributed by atoms with Crippen LogP contribution in [0.2, 0.25) is 0 Å². The van der Waals surface area contributed by atoms with Gasteiger partial charge in [-0.3, -0.25) is 14.6 Å². The molecule has 0 aromatic carbocycles. The first-order chi connectivity index (χ1) is 11.7. The van der Waals surface area contributed by atoms with Gasteiger partial charge in [-0.05, 0) is 25.0 Å². The first kappa shape index (κ1) is 15.6. The van der Waals surface area contributed by atoms with Gasteiger partial charge >= 0.3 is 0 Å². The highest BCUT2D eigenvalue weighted by Gasteiger charge is 2.43. The maximum absolute atomic E-state index is 6.18. The third kappa shape index (κ3) is 3.44. The van der Waals surface area contributed by atoms with Crippen molar-refractivity contribution in [2.24, 2.45) is 7.05 Å². The Morgan fingerprint density at radius 3 is 2.92 bits per heavy atom. The number of aryl methyl sites for hydroxylation is 1. The van der Waals surface area contributed by atoms with Crippen LogP contribution in [0.5, 0.6) is 5.75 Å². The summed E-state index contributed by atoms with van der Waals surface area (Å²) in [4.78, 5) is 6.59. The molecule has 2 aromatic rings. The number of hydrogen-bond acceptors (Lipinski definition) is 5. The molecule has 2 saturated heterocycles. The van der Waals surface area contributed by atoms with E-state index in [1.807, 2.05) is 30.1 Å². The zero-order chi connectivity index (χ0) is 16.4. The molecule has 1 spiro atoms. The number of hydrogen-bond donors (Lipinski definition) is 0. The SMILES string of the molecule is Cn1cc(CN2CCC3(CC2)C[C@H](Oc2cccnc2)CO3)cn1. The predicted octanol–water partition coefficient (Wildman–Crippen LogP) is 2.02. The Kier molecular flexibility index (Phi) is 4.24. The van der Waals surface area contributed by atoms with Crippen molar-refractivity contribution in [2.75, 3.05) is 19.7 Å². The van der Waals surface area contributed by atoms with Crippen LogP contribution in [-0.2, 0) is 18.3 Å². The minimum atomic E-state index is -0.00167. The summed E-state index contributed by atoms with van der Waals surface area (Å²) in [6.45, 7) is 3.78. The maximum Gasteiger partial charge on any atom is 0.138 e. The lowest BCUT2D eigenvalue weighted by molar-refractivity contribution is -0.0454. The largest absolute Gasteiger partial charge is 0.486 e. The topological polar surface area (TPSA) is 52.4 Å². The lowest BCUT2D eigenvalue weighted by Gasteiger charge is -2.38. The third-order valence-corrected chi connectivity index (χ3v) is 5.04. The first-order valence-electron chi connectivity index (χ1n) is 8.61. The Balaban J connectivity index is 1.29. The first-order valence-corrected chi connectivity index (χ1v) is 8.61. The maximum atomic E-state index is 6.18. The molecule has 2 aliphatic rings. The summed E-state index contributed by atoms with van der Waals surface area (Å²) in [5.74, 6) is 0.831. The number of ether oxygens (including phenoxy) is 2. The molecule has 6 heteroatoms. The number of rotatable bonds is 4. The molecule has 1 atom stereocenters. The van der Waals surface area contributed by atoms with E-state index in [0.29, 0.717) is 6.61 Å². The van der Waals surface area contributed by atoms with Gasteiger partial charge in [0, 0.05) is 51.1 Å². The molecule has 0 saturated carbocycles. The van der Waals surface area contributed by atoms with Crippen molar-refractivity contribution >= 4 is 0 Å². The van der Waals surface area contributed by atoms with E-state index in [2.05, 4.69) is 21.2 Å². The van der Waals surface area contributed by atoms with Gasteiger partial charge < -0.3 is 9.47 Å². The van der Waals surface area contributed by atoms with Crippen molar-refractivity contribution in [1.29, 1.82) is 0 Å². The van der Waals surface area contributed by atoms with E-state index in [0.717, 1.165) is 44.6 Å². The van der Waals surface area contributed by atoms with E-state index in [1.54, 1.807) is 12.4 Å². The molecule has 0 unspecified atom stereocenters. The molecule has 0 aliphatic carbocycles. The highest BCUT2D eigenvalue weighted by Crippen LogP contribution is 2.37. The molecule has 2 fully saturated rings. The molecule has 4 rings (SSSR count). The number of piperidine rings is 1. The number of likely N-dealkylation sites (tertiary alicyclic amines) is 1. The van der Waals surface area contributed by atoms with Crippen molar-refractivity contribution in [3.8, 4) is 5.75 Å². The normalized spacial score (nSPS) is 23.6. The van der Waals surface area contributed by atoms with Gasteiger partial charge in [0.1, 0.15) is 11.9 Å². The molecule has 24 heavy (non-hydrogen) atoms. The van der Waals surface area contributed by atoms with Crippen molar-refractivity contribution in [3.05, 3.63) is 42.5 Å². The fourth-order valence-electron chi connectivity index (χ4n) is 3.77. The molecule has 0 N–H and O–H groups in total. The molecule has 128 valence electrons. The van der Waals surface area contributed by atoms with Crippen molar-refractivity contribution < 1.29 is 9.47 Å². The lowest BCUT2D eigenvalue weighted by atomic mass is 9.88. The second-order valence-electron chi connectivity index (χ2n) is 6.93. The van der Waals surface area contributed by atoms with Gasteiger partial charge in [-0.1, -0.05) is 0 Å². The zero-order valence-corrected chi connectivity index (χ0v) is 14.1. The van der Waals surface area contributed by atoms with Crippen LogP contribution >= 0.6 is 0 Å². The van der Waals surface area contributed by atoms with E-state index in [-0.39, 0.29) is 11.7 Å². The summed E-state index contributed by atoms with van der Waals surface area (Å²) < 4.78 is 14.1. The predicted molar refractivity (Wildman–Crippen MR) is 89.7 cm³/mol. The van der Waals surface area contributed by atoms with Crippen LogP contribution in [-0.4, -0.2) is 51.1 Å². The number of nitrogens with zero attached hydrogens (tertiary/aromatic N) is 4. The highest BCUT2D eigenvalue weighted by molar-refractivity contribution is 5.16. The van der Waals surface area contributed by atoms with E-state index >= 15 is 0 Å². The summed E-state index contributed by atoms with van der Waals surface area (Å²) in [5.41, 5.74) is 1.27. The van der Waals surface area contributed by atoms with E-state index in [1.165, 1.54) is 5.56 Å². The molecule has 0 radical (unpaired) electrons. The molecule has 0 amide bonds. The summed E-state index contributed by atoms with van der Waals surface area (Å²) in [7, 11) is 1.96. The molecule has 2 aromatic heterocycles. The van der Waals surface area contributed by atoms with Crippen molar-refractivity contribution in [3.63, 3.8) is 0 Å². The third-order valence-electron chi connectivity index (χ3n) is 5.04. The summed E-state index contributed by atoms with van der Waals surface area (Å²) in [6.07, 6.45) is 10.8. The van der Waals surface area contributed by atoms with E-state index < -0.39 is 0 Å². The fourth-order valence-corrected chi connectivity index (χ4v) is 3.77. The Morgan fingerprint density at radius 1 is 1.33 bits per heavy atom. The monoisotopic (exact) mass is 328 g/mol. The summed E-state index contributed by atoms with van der Waals surface area (Å²) >= 11 is 0. The quantitative estimate of drug-likeness (QED) is 0.859. The Labute approximate surface area is 142 Å². The minimum Gasteiger partial charge on any atom is -0.486 e. The average Bonchev–Trinajstić information content (AvgIpc) is 3.18. The molecule has 0 bridgehead atoms. The molecular formula is C18H24N4O2. The smallest absolute Gasteiger partial charge is 0.138 e. The van der Waals surface area contributed by atoms with Crippen molar-refractivity contribution in [1.82, 2.24) is 19.7 Å². The standard InChI is InChI=1S/C18H24N4O2/c1-21-12-15(10-20-21)13-22-7-4-18(5-8-22)9-17(14-23-18)24-16-3-2-6-19-11-16/h2-3,6,10-12,17H,4-5,7-9,13-14H2,1H3/t17-/m0/s1. The van der Waals surface area contributed by atoms with E-state index in [4.69, 9.17) is 9.47 Å². The van der Waals surface area contributed by atoms with Crippen LogP contribution in [0.3, 0.4) is 0 Å². The number of pyridine rings is 1. The Bertz CT molecular complexity index is 665. The van der Waals surface area contributed by atoms with E-state index in [9.17, 15) is 0 Å². The van der Waals surface area contributed by atoms with Gasteiger partial charge in [-0.15, -0.1) is 0 Å². The van der Waals surface area contributed by atoms with Gasteiger partial charge in [0.25, 0.3) is 0 Å². The van der Waals surface area contributed by atoms with Crippen LogP contribution in [0.15, 0.2) is 36.9 Å². The van der Waals surface area contributed by atoms with Crippen LogP contribution < -0.4 is 4.74 Å². The van der Waals surface area contributed by atoms with Crippen LogP contribution in [0.25, 0.3) is 0 Å². The van der Waals surface area contributed by atoms with Gasteiger partial charge in [0.2, 0.25) is 0 Å². The fraction of sp³-hybridized carbons (Fsp3) is 0.556. The van der Waals surface area contributed by atoms with Gasteiger partial charge in [-0.25, -0.2) is 0 Å². The molecule has 6 nitrogen and oxygen atoms in total. The van der Waals surface area contributed by atoms with Crippen molar-refractivity contribution in [2.45, 2.75) is 37.5 Å². The Morgan fingerprint density at radius 2 is 2.21 bits per heavy atom. The van der Waals surface area contributed by atoms with Crippen LogP contribution in [0, 0.1) is 0 Å². The van der Waals surface area contributed by atoms with Gasteiger partial charge in [-0.2, -0.15) is 5.10 Å². The lowest BCUT2D eigenvalue weighted by Crippen LogP contribution is -2.44. The van der Waals surface area contributed by atoms with Crippen LogP contribution in [0.1, 0.15) is 24.8 Å². The second-order valence-corrected chi connectivity index (χ2v) is 6.93. The zero-order valence-electron chi connectivity index (χ0n) is 14.1. The molecular weight excluding hydrogens is 304 g/mol. The number of aromatic nitrogens is 3.